The Balaban J connectivity index is 2.02. The van der Waals surface area contributed by atoms with Crippen LogP contribution in [0.4, 0.5) is 0 Å². The lowest BCUT2D eigenvalue weighted by atomic mass is 9.66. The van der Waals surface area contributed by atoms with E-state index in [9.17, 15) is 5.11 Å². The van der Waals surface area contributed by atoms with Gasteiger partial charge in [0.05, 0.1) is 15.6 Å². The zero-order valence-corrected chi connectivity index (χ0v) is 13.3. The van der Waals surface area contributed by atoms with Gasteiger partial charge in [0.2, 0.25) is 0 Å². The highest BCUT2D eigenvalue weighted by molar-refractivity contribution is 6.42. The van der Waals surface area contributed by atoms with E-state index < -0.39 is 5.60 Å². The summed E-state index contributed by atoms with van der Waals surface area (Å²) in [6.45, 7) is 0.903. The van der Waals surface area contributed by atoms with E-state index in [1.807, 2.05) is 12.1 Å². The minimum Gasteiger partial charge on any atom is -0.389 e. The average molecular weight is 314 g/mol. The number of hydrogen-bond acceptors (Lipinski definition) is 2. The van der Waals surface area contributed by atoms with Crippen molar-refractivity contribution in [1.29, 1.82) is 0 Å². The number of likely N-dealkylation sites (tertiary alicyclic amines) is 1. The molecular weight excluding hydrogens is 293 g/mol. The maximum absolute atomic E-state index is 11.0. The lowest BCUT2D eigenvalue weighted by Crippen LogP contribution is -2.53. The van der Waals surface area contributed by atoms with Gasteiger partial charge in [-0.15, -0.1) is 0 Å². The first-order chi connectivity index (χ1) is 9.53. The fraction of sp³-hybridized carbons (Fsp3) is 0.625. The average Bonchev–Trinajstić information content (AvgIpc) is 2.43. The van der Waals surface area contributed by atoms with E-state index >= 15 is 0 Å². The van der Waals surface area contributed by atoms with Crippen LogP contribution in [-0.2, 0) is 0 Å². The largest absolute Gasteiger partial charge is 0.389 e. The molecule has 2 fully saturated rings. The monoisotopic (exact) mass is 313 g/mol. The molecule has 1 aromatic rings. The van der Waals surface area contributed by atoms with E-state index in [4.69, 9.17) is 23.2 Å². The van der Waals surface area contributed by atoms with Gasteiger partial charge in [-0.2, -0.15) is 0 Å². The van der Waals surface area contributed by atoms with Crippen molar-refractivity contribution >= 4 is 23.2 Å². The number of benzene rings is 1. The van der Waals surface area contributed by atoms with Gasteiger partial charge in [-0.05, 0) is 37.9 Å². The van der Waals surface area contributed by atoms with Crippen LogP contribution >= 0.6 is 23.2 Å². The van der Waals surface area contributed by atoms with E-state index in [2.05, 4.69) is 18.0 Å². The molecule has 2 nitrogen and oxygen atoms in total. The van der Waals surface area contributed by atoms with Crippen molar-refractivity contribution in [2.24, 2.45) is 5.92 Å². The van der Waals surface area contributed by atoms with Gasteiger partial charge in [0, 0.05) is 18.5 Å². The predicted octanol–water partition coefficient (Wildman–Crippen LogP) is 4.29. The van der Waals surface area contributed by atoms with E-state index in [0.717, 1.165) is 37.8 Å². The molecule has 0 bridgehead atoms. The van der Waals surface area contributed by atoms with Gasteiger partial charge in [0.1, 0.15) is 0 Å². The maximum atomic E-state index is 11.0. The summed E-state index contributed by atoms with van der Waals surface area (Å²) in [4.78, 5) is 2.32. The Morgan fingerprint density at radius 3 is 2.85 bits per heavy atom. The fourth-order valence-electron chi connectivity index (χ4n) is 4.03. The second kappa shape index (κ2) is 5.49. The van der Waals surface area contributed by atoms with E-state index in [1.54, 1.807) is 0 Å². The Kier molecular flexibility index (Phi) is 4.02. The summed E-state index contributed by atoms with van der Waals surface area (Å²) in [5.74, 6) is 0.256. The summed E-state index contributed by atoms with van der Waals surface area (Å²) >= 11 is 12.6. The van der Waals surface area contributed by atoms with Crippen LogP contribution in [0.5, 0.6) is 0 Å². The summed E-state index contributed by atoms with van der Waals surface area (Å²) in [5.41, 5.74) is 0.535. The van der Waals surface area contributed by atoms with Crippen molar-refractivity contribution in [3.63, 3.8) is 0 Å². The van der Waals surface area contributed by atoms with Crippen molar-refractivity contribution < 1.29 is 5.11 Å². The molecule has 110 valence electrons. The Morgan fingerprint density at radius 1 is 1.25 bits per heavy atom. The highest BCUT2D eigenvalue weighted by Crippen LogP contribution is 2.50. The normalized spacial score (nSPS) is 34.8. The lowest BCUT2D eigenvalue weighted by molar-refractivity contribution is -0.118. The van der Waals surface area contributed by atoms with Crippen molar-refractivity contribution in [2.75, 3.05) is 13.6 Å². The molecule has 1 saturated carbocycles. The van der Waals surface area contributed by atoms with Crippen LogP contribution in [-0.4, -0.2) is 29.2 Å². The van der Waals surface area contributed by atoms with Gasteiger partial charge >= 0.3 is 0 Å². The molecule has 1 aromatic carbocycles. The third kappa shape index (κ3) is 2.37. The molecule has 0 amide bonds. The smallest absolute Gasteiger partial charge is 0.0706 e. The second-order valence-corrected chi connectivity index (χ2v) is 7.06. The van der Waals surface area contributed by atoms with E-state index in [1.165, 1.54) is 6.42 Å². The molecule has 0 radical (unpaired) electrons. The minimum atomic E-state index is -0.527. The van der Waals surface area contributed by atoms with Crippen molar-refractivity contribution in [2.45, 2.75) is 43.7 Å². The van der Waals surface area contributed by atoms with Gasteiger partial charge < -0.3 is 5.11 Å². The molecule has 1 saturated heterocycles. The first kappa shape index (κ1) is 14.6. The van der Waals surface area contributed by atoms with Crippen LogP contribution in [0.2, 0.25) is 10.0 Å². The van der Waals surface area contributed by atoms with Crippen LogP contribution in [0.3, 0.4) is 0 Å². The van der Waals surface area contributed by atoms with Gasteiger partial charge in [-0.25, -0.2) is 0 Å². The summed E-state index contributed by atoms with van der Waals surface area (Å²) in [6, 6.07) is 5.99. The molecule has 3 rings (SSSR count). The zero-order chi connectivity index (χ0) is 14.3. The molecule has 2 aliphatic rings. The van der Waals surface area contributed by atoms with Gasteiger partial charge in [0.15, 0.2) is 0 Å². The topological polar surface area (TPSA) is 23.5 Å². The molecule has 4 heteroatoms. The summed E-state index contributed by atoms with van der Waals surface area (Å²) in [5, 5.41) is 12.2. The van der Waals surface area contributed by atoms with Gasteiger partial charge in [-0.3, -0.25) is 4.90 Å². The maximum Gasteiger partial charge on any atom is 0.0706 e. The second-order valence-electron chi connectivity index (χ2n) is 6.27. The van der Waals surface area contributed by atoms with Crippen molar-refractivity contribution in [1.82, 2.24) is 4.90 Å². The molecule has 0 aromatic heterocycles. The fourth-order valence-corrected chi connectivity index (χ4v) is 4.45. The van der Waals surface area contributed by atoms with Gasteiger partial charge in [0.25, 0.3) is 0 Å². The first-order valence-corrected chi connectivity index (χ1v) is 8.15. The lowest BCUT2D eigenvalue weighted by Gasteiger charge is -2.52. The number of fused-ring (bicyclic) bond motifs is 1. The number of nitrogens with zero attached hydrogens (tertiary/aromatic N) is 1. The van der Waals surface area contributed by atoms with Crippen LogP contribution in [0, 0.1) is 5.92 Å². The minimum absolute atomic E-state index is 0.167. The van der Waals surface area contributed by atoms with Crippen LogP contribution in [0.15, 0.2) is 18.2 Å². The number of halogens is 2. The SMILES string of the molecule is CN1CCC2(O)CCCCC2C1c1cccc(Cl)c1Cl. The number of aliphatic hydroxyl groups is 1. The Bertz CT molecular complexity index is 507. The summed E-state index contributed by atoms with van der Waals surface area (Å²) in [6.07, 6.45) is 5.17. The van der Waals surface area contributed by atoms with E-state index in [-0.39, 0.29) is 12.0 Å². The highest BCUT2D eigenvalue weighted by atomic mass is 35.5. The van der Waals surface area contributed by atoms with Gasteiger partial charge in [-0.1, -0.05) is 48.2 Å². The molecule has 1 aliphatic heterocycles. The predicted molar refractivity (Wildman–Crippen MR) is 83.4 cm³/mol. The number of hydrogen-bond donors (Lipinski definition) is 1. The van der Waals surface area contributed by atoms with Crippen LogP contribution in [0.1, 0.15) is 43.7 Å². The Hall–Kier alpha value is -0.280. The highest BCUT2D eigenvalue weighted by Gasteiger charge is 2.48. The molecule has 20 heavy (non-hydrogen) atoms. The quantitative estimate of drug-likeness (QED) is 0.836. The molecule has 3 unspecified atom stereocenters. The van der Waals surface area contributed by atoms with Crippen molar-refractivity contribution in [3.8, 4) is 0 Å². The van der Waals surface area contributed by atoms with Crippen LogP contribution in [0.25, 0.3) is 0 Å². The van der Waals surface area contributed by atoms with E-state index in [0.29, 0.717) is 10.0 Å². The molecule has 1 N–H and O–H groups in total. The Labute approximate surface area is 130 Å². The third-order valence-corrected chi connectivity index (χ3v) is 5.95. The van der Waals surface area contributed by atoms with Crippen molar-refractivity contribution in [3.05, 3.63) is 33.8 Å². The molecular formula is C16H21Cl2NO. The van der Waals surface area contributed by atoms with Crippen LogP contribution < -0.4 is 0 Å². The standard InChI is InChI=1S/C16H21Cl2NO/c1-19-10-9-16(20)8-3-2-6-12(16)15(19)11-5-4-7-13(17)14(11)18/h4-5,7,12,15,20H,2-3,6,8-10H2,1H3. The number of rotatable bonds is 1. The molecule has 3 atom stereocenters. The Morgan fingerprint density at radius 2 is 2.05 bits per heavy atom. The molecule has 0 spiro atoms. The summed E-state index contributed by atoms with van der Waals surface area (Å²) in [7, 11) is 2.12. The zero-order valence-electron chi connectivity index (χ0n) is 11.8. The number of piperidine rings is 1. The summed E-state index contributed by atoms with van der Waals surface area (Å²) < 4.78 is 0. The molecule has 1 heterocycles. The molecule has 1 aliphatic carbocycles. The third-order valence-electron chi connectivity index (χ3n) is 5.12. The first-order valence-electron chi connectivity index (χ1n) is 7.39.